The molecule has 1 aliphatic carbocycles. The minimum absolute atomic E-state index is 0.0610. The molecule has 0 amide bonds. The molecule has 0 saturated heterocycles. The minimum atomic E-state index is -0.0610. The van der Waals surface area contributed by atoms with Crippen molar-refractivity contribution in [2.45, 2.75) is 19.3 Å². The van der Waals surface area contributed by atoms with E-state index in [4.69, 9.17) is 0 Å². The summed E-state index contributed by atoms with van der Waals surface area (Å²) in [6.45, 7) is 4.73. The molecule has 2 aromatic heterocycles. The number of hydrogen-bond acceptors (Lipinski definition) is 0. The second-order valence-corrected chi connectivity index (χ2v) is 15.0. The second kappa shape index (κ2) is 11.2. The van der Waals surface area contributed by atoms with Crippen LogP contribution < -0.4 is 0 Å². The summed E-state index contributed by atoms with van der Waals surface area (Å²) in [5, 5.41) is 5.10. The Morgan fingerprint density at radius 3 is 1.43 bits per heavy atom. The van der Waals surface area contributed by atoms with Crippen LogP contribution in [0.4, 0.5) is 0 Å². The summed E-state index contributed by atoms with van der Waals surface area (Å²) in [6, 6.07) is 67.0. The van der Waals surface area contributed by atoms with E-state index in [9.17, 15) is 0 Å². The van der Waals surface area contributed by atoms with E-state index in [-0.39, 0.29) is 5.41 Å². The van der Waals surface area contributed by atoms with Crippen molar-refractivity contribution in [1.29, 1.82) is 0 Å². The van der Waals surface area contributed by atoms with E-state index in [2.05, 4.69) is 205 Å². The molecule has 0 spiro atoms. The molecular weight excluding hydrogens is 641 g/mol. The highest BCUT2D eigenvalue weighted by molar-refractivity contribution is 6.13. The van der Waals surface area contributed by atoms with Gasteiger partial charge in [0.25, 0.3) is 0 Å². The Morgan fingerprint density at radius 1 is 0.321 bits per heavy atom. The van der Waals surface area contributed by atoms with Gasteiger partial charge < -0.3 is 9.13 Å². The monoisotopic (exact) mass is 676 g/mol. The number of benzene rings is 8. The lowest BCUT2D eigenvalue weighted by Crippen LogP contribution is -2.14. The number of hydrogen-bond donors (Lipinski definition) is 0. The van der Waals surface area contributed by atoms with Crippen LogP contribution in [0, 0.1) is 0 Å². The first-order chi connectivity index (χ1) is 26.0. The summed E-state index contributed by atoms with van der Waals surface area (Å²) in [7, 11) is 0. The van der Waals surface area contributed by atoms with Gasteiger partial charge in [-0.05, 0) is 111 Å². The zero-order valence-electron chi connectivity index (χ0n) is 29.7. The fourth-order valence-electron chi connectivity index (χ4n) is 9.11. The molecule has 2 heterocycles. The van der Waals surface area contributed by atoms with Gasteiger partial charge in [-0.15, -0.1) is 0 Å². The Bertz CT molecular complexity index is 3050. The molecule has 0 bridgehead atoms. The largest absolute Gasteiger partial charge is 0.309 e. The van der Waals surface area contributed by atoms with Crippen LogP contribution in [-0.4, -0.2) is 9.13 Å². The quantitative estimate of drug-likeness (QED) is 0.176. The summed E-state index contributed by atoms with van der Waals surface area (Å²) in [6.07, 6.45) is 0. The van der Waals surface area contributed by atoms with Gasteiger partial charge in [-0.2, -0.15) is 0 Å². The maximum Gasteiger partial charge on any atom is 0.0544 e. The lowest BCUT2D eigenvalue weighted by atomic mass is 9.82. The first kappa shape index (κ1) is 30.0. The predicted octanol–water partition coefficient (Wildman–Crippen LogP) is 13.5. The van der Waals surface area contributed by atoms with Gasteiger partial charge in [0.05, 0.1) is 22.1 Å². The van der Waals surface area contributed by atoms with Crippen molar-refractivity contribution in [3.8, 4) is 44.8 Å². The van der Waals surface area contributed by atoms with Gasteiger partial charge in [0, 0.05) is 38.3 Å². The lowest BCUT2D eigenvalue weighted by Gasteiger charge is -2.21. The van der Waals surface area contributed by atoms with E-state index in [0.29, 0.717) is 0 Å². The molecular formula is C51H36N2. The van der Waals surface area contributed by atoms with Gasteiger partial charge in [-0.3, -0.25) is 0 Å². The standard InChI is InChI=1S/C51H36N2/c1-51(2)45-19-11-9-17-39(45)41-31-44-43-30-36(26-28-49(43)53(50(44)32-46(41)51)38-15-7-4-8-16-38)34-23-21-33(22-24-34)35-25-27-48-42(29-35)40-18-10-12-20-47(40)52(48)37-13-5-3-6-14-37/h3-32H,1-2H3. The SMILES string of the molecule is CC1(C)c2ccccc2-c2cc3c4cc(-c5ccc(-c6ccc7c(c6)c6ccccc6n7-c6ccccc6)cc5)ccc4n(-c4ccccc4)c3cc21. The van der Waals surface area contributed by atoms with Crippen LogP contribution in [0.15, 0.2) is 182 Å². The van der Waals surface area contributed by atoms with Crippen LogP contribution in [0.25, 0.3) is 88.4 Å². The molecule has 0 aliphatic heterocycles. The molecule has 0 saturated carbocycles. The highest BCUT2D eigenvalue weighted by Crippen LogP contribution is 2.51. The lowest BCUT2D eigenvalue weighted by molar-refractivity contribution is 0.661. The number of aromatic nitrogens is 2. The van der Waals surface area contributed by atoms with E-state index < -0.39 is 0 Å². The minimum Gasteiger partial charge on any atom is -0.309 e. The third-order valence-electron chi connectivity index (χ3n) is 11.7. The topological polar surface area (TPSA) is 9.86 Å². The molecule has 250 valence electrons. The smallest absolute Gasteiger partial charge is 0.0544 e. The van der Waals surface area contributed by atoms with E-state index in [1.165, 1.54) is 99.5 Å². The molecule has 0 atom stereocenters. The molecule has 11 rings (SSSR count). The van der Waals surface area contributed by atoms with Gasteiger partial charge in [0.1, 0.15) is 0 Å². The molecule has 1 aliphatic rings. The van der Waals surface area contributed by atoms with Crippen LogP contribution in [0.3, 0.4) is 0 Å². The molecule has 0 unspecified atom stereocenters. The van der Waals surface area contributed by atoms with Gasteiger partial charge in [-0.1, -0.05) is 129 Å². The molecule has 0 N–H and O–H groups in total. The molecule has 8 aromatic carbocycles. The van der Waals surface area contributed by atoms with Gasteiger partial charge in [0.15, 0.2) is 0 Å². The molecule has 2 nitrogen and oxygen atoms in total. The molecule has 2 heteroatoms. The van der Waals surface area contributed by atoms with Crippen molar-refractivity contribution in [1.82, 2.24) is 9.13 Å². The molecule has 10 aromatic rings. The van der Waals surface area contributed by atoms with Crippen LogP contribution in [0.5, 0.6) is 0 Å². The summed E-state index contributed by atoms with van der Waals surface area (Å²) >= 11 is 0. The van der Waals surface area contributed by atoms with Crippen molar-refractivity contribution in [3.63, 3.8) is 0 Å². The van der Waals surface area contributed by atoms with Crippen molar-refractivity contribution in [2.24, 2.45) is 0 Å². The first-order valence-corrected chi connectivity index (χ1v) is 18.5. The molecule has 0 fully saturated rings. The van der Waals surface area contributed by atoms with Gasteiger partial charge in [-0.25, -0.2) is 0 Å². The molecule has 0 radical (unpaired) electrons. The summed E-state index contributed by atoms with van der Waals surface area (Å²) in [4.78, 5) is 0. The van der Waals surface area contributed by atoms with Gasteiger partial charge in [0.2, 0.25) is 0 Å². The van der Waals surface area contributed by atoms with Crippen molar-refractivity contribution in [2.75, 3.05) is 0 Å². The maximum absolute atomic E-state index is 2.46. The summed E-state index contributed by atoms with van der Waals surface area (Å²) in [5.74, 6) is 0. The second-order valence-electron chi connectivity index (χ2n) is 15.0. The van der Waals surface area contributed by atoms with E-state index in [1.54, 1.807) is 0 Å². The Balaban J connectivity index is 1.04. The van der Waals surface area contributed by atoms with E-state index in [1.807, 2.05) is 0 Å². The van der Waals surface area contributed by atoms with Crippen molar-refractivity contribution < 1.29 is 0 Å². The predicted molar refractivity (Wildman–Crippen MR) is 224 cm³/mol. The van der Waals surface area contributed by atoms with E-state index in [0.717, 1.165) is 0 Å². The highest BCUT2D eigenvalue weighted by Gasteiger charge is 2.36. The van der Waals surface area contributed by atoms with Crippen molar-refractivity contribution in [3.05, 3.63) is 193 Å². The third kappa shape index (κ3) is 4.39. The van der Waals surface area contributed by atoms with Crippen LogP contribution in [-0.2, 0) is 5.41 Å². The fraction of sp³-hybridized carbons (Fsp3) is 0.0588. The van der Waals surface area contributed by atoms with Crippen LogP contribution in [0.1, 0.15) is 25.0 Å². The Morgan fingerprint density at radius 2 is 0.792 bits per heavy atom. The van der Waals surface area contributed by atoms with E-state index >= 15 is 0 Å². The first-order valence-electron chi connectivity index (χ1n) is 18.5. The average Bonchev–Trinajstić information content (AvgIpc) is 3.80. The highest BCUT2D eigenvalue weighted by atomic mass is 15.0. The Hall–Kier alpha value is -6.64. The number of para-hydroxylation sites is 3. The van der Waals surface area contributed by atoms with Crippen LogP contribution in [0.2, 0.25) is 0 Å². The van der Waals surface area contributed by atoms with Crippen molar-refractivity contribution >= 4 is 43.6 Å². The Kier molecular flexibility index (Phi) is 6.33. The number of rotatable bonds is 4. The van der Waals surface area contributed by atoms with Gasteiger partial charge >= 0.3 is 0 Å². The average molecular weight is 677 g/mol. The molecule has 53 heavy (non-hydrogen) atoms. The van der Waals surface area contributed by atoms with Crippen LogP contribution >= 0.6 is 0 Å². The zero-order valence-corrected chi connectivity index (χ0v) is 29.7. The zero-order chi connectivity index (χ0) is 35.3. The number of fused-ring (bicyclic) bond motifs is 9. The maximum atomic E-state index is 2.46. The summed E-state index contributed by atoms with van der Waals surface area (Å²) < 4.78 is 4.82. The third-order valence-corrected chi connectivity index (χ3v) is 11.7. The fourth-order valence-corrected chi connectivity index (χ4v) is 9.11. The Labute approximate surface area is 308 Å². The summed E-state index contributed by atoms with van der Waals surface area (Å²) in [5.41, 5.74) is 17.6. The normalized spacial score (nSPS) is 13.2. The number of nitrogens with zero attached hydrogens (tertiary/aromatic N) is 2.